The van der Waals surface area contributed by atoms with Crippen LogP contribution in [-0.4, -0.2) is 122 Å². The number of sulfonamides is 2. The fraction of sp³-hybridized carbons (Fsp3) is 0.309. The van der Waals surface area contributed by atoms with Crippen LogP contribution in [0, 0.1) is 23.3 Å². The van der Waals surface area contributed by atoms with E-state index in [0.29, 0.717) is 23.4 Å². The molecule has 5 aromatic carbocycles. The van der Waals surface area contributed by atoms with E-state index in [1.54, 1.807) is 45.0 Å². The Hall–Kier alpha value is -10.4. The van der Waals surface area contributed by atoms with Crippen LogP contribution in [0.25, 0.3) is 55.2 Å². The van der Waals surface area contributed by atoms with Gasteiger partial charge in [0.25, 0.3) is 11.1 Å². The minimum atomic E-state index is -4.53. The predicted octanol–water partition coefficient (Wildman–Crippen LogP) is 12.9. The van der Waals surface area contributed by atoms with Crippen molar-refractivity contribution in [1.29, 1.82) is 0 Å². The first kappa shape index (κ1) is 80.7. The van der Waals surface area contributed by atoms with Crippen molar-refractivity contribution >= 4 is 105 Å². The van der Waals surface area contributed by atoms with Gasteiger partial charge in [-0.25, -0.2) is 53.5 Å². The number of aryl methyl sites for hydroxylation is 2. The van der Waals surface area contributed by atoms with Crippen molar-refractivity contribution in [3.8, 4) is 28.9 Å². The number of anilines is 2. The molecule has 0 spiro atoms. The van der Waals surface area contributed by atoms with E-state index in [4.69, 9.17) is 47.9 Å². The first-order valence-corrected chi connectivity index (χ1v) is 35.8. The SMILES string of the molecule is C.COc1ccc(CN(c2nn(C)c3c(-n4c([C@H](Cc5cc(F)cc(F)c5)NC(=O)OC(C)(C)C)nc5nc(OCCC(F)(F)F)ccc5c4=O)ccc(Cl)c23)S(C)(=O)=O)cc1.Cn1nc(NS(C)(=O)=O)c2c(Cl)ccc(-n3c([C@@H](N)Cc4cc(F)cc(F)c4)nc4nc(OCCC(F)(F)F)ccc4c3=O)c21. The summed E-state index contributed by atoms with van der Waals surface area (Å²) in [7, 11) is -3.42. The second-order valence-corrected chi connectivity index (χ2v) is 29.4. The van der Waals surface area contributed by atoms with Crippen LogP contribution in [0.2, 0.25) is 10.0 Å². The molecule has 0 bridgehead atoms. The Morgan fingerprint density at radius 1 is 0.617 bits per heavy atom. The summed E-state index contributed by atoms with van der Waals surface area (Å²) in [6, 6.07) is 20.0. The van der Waals surface area contributed by atoms with Crippen LogP contribution >= 0.6 is 23.2 Å². The topological polar surface area (TPSA) is 307 Å². The van der Waals surface area contributed by atoms with Gasteiger partial charge < -0.3 is 30.0 Å². The molecule has 4 N–H and O–H groups in total. The van der Waals surface area contributed by atoms with Crippen LogP contribution < -0.4 is 45.4 Å². The van der Waals surface area contributed by atoms with Gasteiger partial charge >= 0.3 is 18.4 Å². The maximum Gasteiger partial charge on any atom is 0.408 e. The zero-order chi connectivity index (χ0) is 77.4. The molecule has 6 aromatic heterocycles. The molecule has 0 aliphatic carbocycles. The third-order valence-corrected chi connectivity index (χ3v) is 17.8. The van der Waals surface area contributed by atoms with Gasteiger partial charge in [-0.2, -0.15) is 46.5 Å². The molecule has 1 amide bonds. The Morgan fingerprint density at radius 3 is 1.54 bits per heavy atom. The van der Waals surface area contributed by atoms with Gasteiger partial charge in [0.2, 0.25) is 31.8 Å². The van der Waals surface area contributed by atoms with Crippen LogP contribution in [0.4, 0.5) is 60.3 Å². The van der Waals surface area contributed by atoms with E-state index in [1.165, 1.54) is 79.1 Å². The second kappa shape index (κ2) is 31.6. The van der Waals surface area contributed by atoms with Crippen LogP contribution in [0.3, 0.4) is 0 Å². The lowest BCUT2D eigenvalue weighted by Gasteiger charge is -2.26. The number of amides is 1. The van der Waals surface area contributed by atoms with Gasteiger partial charge in [0.15, 0.2) is 22.9 Å². The number of alkyl carbamates (subject to hydrolysis) is 1. The zero-order valence-electron chi connectivity index (χ0n) is 56.8. The Labute approximate surface area is 612 Å². The lowest BCUT2D eigenvalue weighted by atomic mass is 10.0. The highest BCUT2D eigenvalue weighted by Gasteiger charge is 2.34. The van der Waals surface area contributed by atoms with Crippen LogP contribution in [-0.2, 0) is 58.3 Å². The minimum Gasteiger partial charge on any atom is -0.497 e. The fourth-order valence-corrected chi connectivity index (χ4v) is 13.0. The predicted molar refractivity (Wildman–Crippen MR) is 380 cm³/mol. The molecule has 570 valence electrons. The normalized spacial score (nSPS) is 12.7. The van der Waals surface area contributed by atoms with Crippen LogP contribution in [0.15, 0.2) is 119 Å². The zero-order valence-corrected chi connectivity index (χ0v) is 60.0. The molecule has 0 saturated carbocycles. The van der Waals surface area contributed by atoms with Gasteiger partial charge in [0, 0.05) is 44.8 Å². The minimum absolute atomic E-state index is 0. The quantitative estimate of drug-likeness (QED) is 0.0531. The molecule has 6 heterocycles. The average molecular weight is 1580 g/mol. The van der Waals surface area contributed by atoms with E-state index in [-0.39, 0.29) is 132 Å². The number of carbonyl (C=O) groups is 1. The van der Waals surface area contributed by atoms with Crippen molar-refractivity contribution in [1.82, 2.24) is 53.9 Å². The Balaban J connectivity index is 0.000000256. The monoisotopic (exact) mass is 1580 g/mol. The number of pyridine rings is 2. The standard InChI is InChI=1S/C40H39ClF5N7O7S.C27H23ClF5N7O4S.CH4/c1-39(2,3)60-38(55)47-29(19-23-17-24(42)20-25(43)18-23)35-49-34-27(11-14-31(48-34)59-16-15-40(44,45)46)37(54)53(35)30-13-12-28(41)32-33(30)51(4)50-36(32)52(61(6,56)57)21-22-7-9-26(58-5)10-8-22;1-39-22-19(5-4-17(28)21(22)24(37-39)38-45(2,42)43)40-25(18(34)11-13-9-14(29)12-15(30)10-13)36-23-16(26(40)41)3-6-20(35-23)44-8-7-27(31,32)33;/h7-14,17-18,20,29H,15-16,19,21H2,1-6H3,(H,47,55);3-6,9-10,12,18H,7-8,11,34H2,1-2H3,(H,37,38);1H4/t29-;18-;/m00./s1. The van der Waals surface area contributed by atoms with Crippen LogP contribution in [0.5, 0.6) is 17.5 Å². The molecule has 39 heteroatoms. The lowest BCUT2D eigenvalue weighted by molar-refractivity contribution is -0.140. The number of methoxy groups -OCH3 is 1. The van der Waals surface area contributed by atoms with Gasteiger partial charge in [-0.3, -0.25) is 32.8 Å². The van der Waals surface area contributed by atoms with E-state index in [9.17, 15) is 75.1 Å². The Kier molecular flexibility index (Phi) is 23.8. The first-order valence-electron chi connectivity index (χ1n) is 31.3. The average Bonchev–Trinajstić information content (AvgIpc) is 1.69. The van der Waals surface area contributed by atoms with E-state index >= 15 is 0 Å². The number of nitrogens with zero attached hydrogens (tertiary/aromatic N) is 11. The third kappa shape index (κ3) is 19.4. The number of alkyl halides is 6. The number of aromatic nitrogens is 10. The van der Waals surface area contributed by atoms with Gasteiger partial charge in [-0.05, 0) is 117 Å². The van der Waals surface area contributed by atoms with Crippen molar-refractivity contribution < 1.29 is 84.5 Å². The van der Waals surface area contributed by atoms with Gasteiger partial charge in [0.05, 0.1) is 118 Å². The molecule has 2 atom stereocenters. The van der Waals surface area contributed by atoms with Crippen molar-refractivity contribution in [2.24, 2.45) is 19.8 Å². The fourth-order valence-electron chi connectivity index (χ4n) is 11.2. The number of nitrogens with one attached hydrogen (secondary N) is 2. The smallest absolute Gasteiger partial charge is 0.408 e. The summed E-state index contributed by atoms with van der Waals surface area (Å²) in [6.07, 6.45) is -11.3. The summed E-state index contributed by atoms with van der Waals surface area (Å²) in [6.45, 7) is 3.06. The molecular weight excluding hydrogens is 1510 g/mol. The van der Waals surface area contributed by atoms with Crippen molar-refractivity contribution in [2.75, 3.05) is 41.9 Å². The number of hydrogen-bond donors (Lipinski definition) is 3. The van der Waals surface area contributed by atoms with E-state index in [1.807, 2.05) is 0 Å². The molecule has 11 aromatic rings. The summed E-state index contributed by atoms with van der Waals surface area (Å²) < 4.78 is 214. The Morgan fingerprint density at radius 2 is 1.07 bits per heavy atom. The third-order valence-electron chi connectivity index (χ3n) is 15.5. The number of halogens is 12. The largest absolute Gasteiger partial charge is 0.497 e. The van der Waals surface area contributed by atoms with E-state index in [0.717, 1.165) is 50.2 Å². The maximum absolute atomic E-state index is 14.9. The molecular formula is C68H66Cl2F10N14O11S2. The maximum atomic E-state index is 14.9. The van der Waals surface area contributed by atoms with Gasteiger partial charge in [0.1, 0.15) is 46.3 Å². The highest BCUT2D eigenvalue weighted by Crippen LogP contribution is 2.40. The summed E-state index contributed by atoms with van der Waals surface area (Å²) in [4.78, 5) is 59.8. The highest BCUT2D eigenvalue weighted by molar-refractivity contribution is 7.92. The molecule has 0 aliphatic heterocycles. The molecule has 0 fully saturated rings. The molecule has 11 rings (SSSR count). The molecule has 107 heavy (non-hydrogen) atoms. The highest BCUT2D eigenvalue weighted by atomic mass is 35.5. The van der Waals surface area contributed by atoms with Crippen molar-refractivity contribution in [2.45, 2.75) is 90.5 Å². The summed E-state index contributed by atoms with van der Waals surface area (Å²) in [5, 5.41) is 11.6. The molecule has 0 radical (unpaired) electrons. The van der Waals surface area contributed by atoms with Gasteiger partial charge in [-0.15, -0.1) is 0 Å². The molecule has 0 aliphatic rings. The molecule has 0 saturated heterocycles. The number of ether oxygens (including phenoxy) is 4. The molecule has 25 nitrogen and oxygen atoms in total. The summed E-state index contributed by atoms with van der Waals surface area (Å²) >= 11 is 13.3. The first-order chi connectivity index (χ1) is 49.5. The van der Waals surface area contributed by atoms with Gasteiger partial charge in [-0.1, -0.05) is 42.8 Å². The Bertz CT molecular complexity index is 5550. The van der Waals surface area contributed by atoms with Crippen molar-refractivity contribution in [3.05, 3.63) is 192 Å². The lowest BCUT2D eigenvalue weighted by Crippen LogP contribution is -2.39. The van der Waals surface area contributed by atoms with E-state index in [2.05, 4.69) is 40.2 Å². The number of benzene rings is 5. The number of hydrogen-bond acceptors (Lipinski definition) is 18. The number of nitrogens with two attached hydrogens (primary N) is 1. The summed E-state index contributed by atoms with van der Waals surface area (Å²) in [5.41, 5.74) is 4.53. The summed E-state index contributed by atoms with van der Waals surface area (Å²) in [5.74, 6) is -4.27. The van der Waals surface area contributed by atoms with Crippen LogP contribution in [0.1, 0.15) is 81.5 Å². The second-order valence-electron chi connectivity index (χ2n) is 25.0. The van der Waals surface area contributed by atoms with Crippen molar-refractivity contribution in [3.63, 3.8) is 0 Å². The number of rotatable bonds is 22. The number of carbonyl (C=O) groups excluding carboxylic acids is 1. The molecule has 0 unspecified atom stereocenters. The van der Waals surface area contributed by atoms with E-state index < -0.39 is 123 Å². The number of fused-ring (bicyclic) bond motifs is 4.